The molecule has 1 rings (SSSR count). The van der Waals surface area contributed by atoms with Gasteiger partial charge in [0.25, 0.3) is 0 Å². The molecule has 0 aromatic heterocycles. The van der Waals surface area contributed by atoms with Crippen LogP contribution in [-0.4, -0.2) is 60.4 Å². The van der Waals surface area contributed by atoms with Crippen LogP contribution in [0, 0.1) is 5.92 Å². The van der Waals surface area contributed by atoms with Crippen LogP contribution in [0.15, 0.2) is 0 Å². The highest BCUT2D eigenvalue weighted by Crippen LogP contribution is 2.17. The Morgan fingerprint density at radius 2 is 2.00 bits per heavy atom. The van der Waals surface area contributed by atoms with E-state index >= 15 is 0 Å². The molecule has 1 saturated heterocycles. The van der Waals surface area contributed by atoms with Gasteiger partial charge in [-0.15, -0.1) is 0 Å². The van der Waals surface area contributed by atoms with Gasteiger partial charge >= 0.3 is 5.97 Å². The first kappa shape index (κ1) is 15.9. The summed E-state index contributed by atoms with van der Waals surface area (Å²) in [4.78, 5) is 24.2. The number of hydrogen-bond acceptors (Lipinski definition) is 5. The quantitative estimate of drug-likeness (QED) is 0.691. The van der Waals surface area contributed by atoms with Crippen LogP contribution in [0.1, 0.15) is 20.3 Å². The maximum Gasteiger partial charge on any atom is 0.305 e. The van der Waals surface area contributed by atoms with Gasteiger partial charge in [0.2, 0.25) is 5.91 Å². The normalized spacial score (nSPS) is 24.2. The van der Waals surface area contributed by atoms with Gasteiger partial charge in [-0.2, -0.15) is 0 Å². The molecule has 0 aliphatic carbocycles. The average Bonchev–Trinajstić information content (AvgIpc) is 2.25. The number of amides is 1. The fraction of sp³-hybridized carbons (Fsp3) is 0.818. The minimum absolute atomic E-state index is 0.0134. The van der Waals surface area contributed by atoms with Crippen molar-refractivity contribution < 1.29 is 23.1 Å². The van der Waals surface area contributed by atoms with Crippen molar-refractivity contribution in [1.82, 2.24) is 4.90 Å². The van der Waals surface area contributed by atoms with Crippen molar-refractivity contribution in [2.45, 2.75) is 32.4 Å². The molecule has 0 aromatic rings. The van der Waals surface area contributed by atoms with E-state index in [0.717, 1.165) is 0 Å². The summed E-state index contributed by atoms with van der Waals surface area (Å²) in [5, 5.41) is 8.82. The Kier molecular flexibility index (Phi) is 4.92. The number of nitrogens with zero attached hydrogens (tertiary/aromatic N) is 1. The number of aliphatic carboxylic acids is 1. The molecule has 110 valence electrons. The maximum absolute atomic E-state index is 12.2. The van der Waals surface area contributed by atoms with Crippen molar-refractivity contribution >= 4 is 21.7 Å². The molecule has 7 nitrogen and oxygen atoms in total. The molecule has 1 heterocycles. The summed E-state index contributed by atoms with van der Waals surface area (Å²) >= 11 is 0. The second-order valence-corrected chi connectivity index (χ2v) is 7.40. The van der Waals surface area contributed by atoms with Gasteiger partial charge in [-0.25, -0.2) is 8.42 Å². The average molecular weight is 292 g/mol. The molecular formula is C11H20N2O5S. The summed E-state index contributed by atoms with van der Waals surface area (Å²) in [6.45, 7) is 3.59. The molecule has 1 amide bonds. The highest BCUT2D eigenvalue weighted by molar-refractivity contribution is 7.91. The van der Waals surface area contributed by atoms with E-state index in [4.69, 9.17) is 10.8 Å². The number of nitrogens with two attached hydrogens (primary N) is 1. The van der Waals surface area contributed by atoms with Crippen LogP contribution in [0.3, 0.4) is 0 Å². The van der Waals surface area contributed by atoms with E-state index < -0.39 is 27.9 Å². The largest absolute Gasteiger partial charge is 0.481 e. The summed E-state index contributed by atoms with van der Waals surface area (Å²) in [6.07, 6.45) is -0.379. The maximum atomic E-state index is 12.2. The van der Waals surface area contributed by atoms with Crippen LogP contribution in [0.2, 0.25) is 0 Å². The minimum Gasteiger partial charge on any atom is -0.481 e. The number of hydrogen-bond donors (Lipinski definition) is 2. The Morgan fingerprint density at radius 3 is 2.47 bits per heavy atom. The van der Waals surface area contributed by atoms with Gasteiger partial charge in [0.05, 0.1) is 30.0 Å². The Labute approximate surface area is 112 Å². The summed E-state index contributed by atoms with van der Waals surface area (Å²) in [7, 11) is -3.29. The Hall–Kier alpha value is -1.15. The first-order chi connectivity index (χ1) is 8.64. The first-order valence-corrected chi connectivity index (χ1v) is 7.94. The second kappa shape index (κ2) is 5.87. The van der Waals surface area contributed by atoms with Gasteiger partial charge in [-0.3, -0.25) is 9.59 Å². The molecule has 0 bridgehead atoms. The van der Waals surface area contributed by atoms with Crippen molar-refractivity contribution in [2.24, 2.45) is 11.7 Å². The highest BCUT2D eigenvalue weighted by Gasteiger charge is 2.37. The third-order valence-electron chi connectivity index (χ3n) is 3.23. The molecule has 0 saturated carbocycles. The SMILES string of the molecule is CC(C)C(N)C(=O)N1CCS(=O)(=O)CC1CC(=O)O. The third kappa shape index (κ3) is 4.17. The molecule has 0 radical (unpaired) electrons. The summed E-state index contributed by atoms with van der Waals surface area (Å²) in [6, 6.07) is -1.56. The predicted molar refractivity (Wildman–Crippen MR) is 69.2 cm³/mol. The number of carboxylic acid groups (broad SMARTS) is 1. The van der Waals surface area contributed by atoms with Gasteiger partial charge in [-0.1, -0.05) is 13.8 Å². The molecule has 0 spiro atoms. The number of carbonyl (C=O) groups excluding carboxylic acids is 1. The van der Waals surface area contributed by atoms with Crippen molar-refractivity contribution in [3.63, 3.8) is 0 Å². The third-order valence-corrected chi connectivity index (χ3v) is 4.92. The highest BCUT2D eigenvalue weighted by atomic mass is 32.2. The zero-order valence-electron chi connectivity index (χ0n) is 11.1. The lowest BCUT2D eigenvalue weighted by molar-refractivity contribution is -0.141. The van der Waals surface area contributed by atoms with Gasteiger partial charge in [0.1, 0.15) is 0 Å². The number of rotatable bonds is 4. The fourth-order valence-electron chi connectivity index (χ4n) is 2.02. The first-order valence-electron chi connectivity index (χ1n) is 6.12. The monoisotopic (exact) mass is 292 g/mol. The fourth-order valence-corrected chi connectivity index (χ4v) is 3.55. The van der Waals surface area contributed by atoms with Gasteiger partial charge in [0.15, 0.2) is 9.84 Å². The topological polar surface area (TPSA) is 118 Å². The smallest absolute Gasteiger partial charge is 0.305 e. The number of sulfone groups is 1. The van der Waals surface area contributed by atoms with Crippen molar-refractivity contribution in [1.29, 1.82) is 0 Å². The van der Waals surface area contributed by atoms with Gasteiger partial charge < -0.3 is 15.7 Å². The van der Waals surface area contributed by atoms with Crippen LogP contribution in [0.5, 0.6) is 0 Å². The van der Waals surface area contributed by atoms with Crippen LogP contribution in [-0.2, 0) is 19.4 Å². The molecule has 1 aliphatic heterocycles. The van der Waals surface area contributed by atoms with Gasteiger partial charge in [0, 0.05) is 6.54 Å². The molecule has 1 fully saturated rings. The summed E-state index contributed by atoms with van der Waals surface area (Å²) < 4.78 is 23.1. The molecule has 3 N–H and O–H groups in total. The van der Waals surface area contributed by atoms with E-state index in [2.05, 4.69) is 0 Å². The van der Waals surface area contributed by atoms with Gasteiger partial charge in [-0.05, 0) is 5.92 Å². The Morgan fingerprint density at radius 1 is 1.42 bits per heavy atom. The Balaban J connectivity index is 2.90. The molecule has 2 atom stereocenters. The molecule has 2 unspecified atom stereocenters. The van der Waals surface area contributed by atoms with E-state index in [1.54, 1.807) is 13.8 Å². The van der Waals surface area contributed by atoms with Crippen molar-refractivity contribution in [2.75, 3.05) is 18.1 Å². The van der Waals surface area contributed by atoms with Crippen LogP contribution < -0.4 is 5.73 Å². The molecular weight excluding hydrogens is 272 g/mol. The lowest BCUT2D eigenvalue weighted by Gasteiger charge is -2.36. The van der Waals surface area contributed by atoms with Crippen LogP contribution in [0.25, 0.3) is 0 Å². The van der Waals surface area contributed by atoms with Crippen molar-refractivity contribution in [3.8, 4) is 0 Å². The molecule has 19 heavy (non-hydrogen) atoms. The van der Waals surface area contributed by atoms with E-state index in [-0.39, 0.29) is 36.3 Å². The lowest BCUT2D eigenvalue weighted by Crippen LogP contribution is -2.57. The summed E-state index contributed by atoms with van der Waals surface area (Å²) in [5.74, 6) is -2.04. The molecule has 0 aromatic carbocycles. The standard InChI is InChI=1S/C11H20N2O5S/c1-7(2)10(12)11(16)13-3-4-19(17,18)6-8(13)5-9(14)15/h7-8,10H,3-6,12H2,1-2H3,(H,14,15). The van der Waals surface area contributed by atoms with Crippen LogP contribution in [0.4, 0.5) is 0 Å². The zero-order valence-corrected chi connectivity index (χ0v) is 11.9. The number of carbonyl (C=O) groups is 2. The Bertz CT molecular complexity index is 460. The minimum atomic E-state index is -3.29. The molecule has 1 aliphatic rings. The predicted octanol–water partition coefficient (Wildman–Crippen LogP) is -0.930. The van der Waals surface area contributed by atoms with E-state index in [1.165, 1.54) is 4.90 Å². The van der Waals surface area contributed by atoms with Crippen LogP contribution >= 0.6 is 0 Å². The zero-order chi connectivity index (χ0) is 14.8. The summed E-state index contributed by atoms with van der Waals surface area (Å²) in [5.41, 5.74) is 5.76. The lowest BCUT2D eigenvalue weighted by atomic mass is 10.0. The number of carboxylic acids is 1. The van der Waals surface area contributed by atoms with Crippen molar-refractivity contribution in [3.05, 3.63) is 0 Å². The van der Waals surface area contributed by atoms with E-state index in [9.17, 15) is 18.0 Å². The van der Waals surface area contributed by atoms with E-state index in [0.29, 0.717) is 0 Å². The second-order valence-electron chi connectivity index (χ2n) is 5.17. The van der Waals surface area contributed by atoms with E-state index in [1.807, 2.05) is 0 Å². The molecule has 8 heteroatoms.